The average Bonchev–Trinajstić information content (AvgIpc) is 2.60. The van der Waals surface area contributed by atoms with Crippen LogP contribution >= 0.6 is 0 Å². The molecule has 1 aromatic heterocycles. The summed E-state index contributed by atoms with van der Waals surface area (Å²) in [5.41, 5.74) is 4.29. The molecule has 0 saturated heterocycles. The Morgan fingerprint density at radius 3 is 1.86 bits per heavy atom. The van der Waals surface area contributed by atoms with Crippen LogP contribution < -0.4 is 0 Å². The average molecular weight is 398 g/mol. The fraction of sp³-hybridized carbons (Fsp3) is 0.560. The minimum atomic E-state index is -0.113. The van der Waals surface area contributed by atoms with Crippen LogP contribution in [0, 0.1) is 0 Å². The van der Waals surface area contributed by atoms with E-state index in [1.807, 2.05) is 18.5 Å². The Balaban J connectivity index is 2.40. The van der Waals surface area contributed by atoms with E-state index in [1.165, 1.54) is 11.1 Å². The van der Waals surface area contributed by atoms with E-state index >= 15 is 0 Å². The first-order chi connectivity index (χ1) is 13.4. The summed E-state index contributed by atoms with van der Waals surface area (Å²) in [4.78, 5) is 8.95. The lowest BCUT2D eigenvalue weighted by Crippen LogP contribution is -2.31. The second kappa shape index (κ2) is 9.27. The second-order valence-electron chi connectivity index (χ2n) is 10.4. The lowest BCUT2D eigenvalue weighted by Gasteiger charge is -2.30. The molecule has 0 saturated carbocycles. The topological polar surface area (TPSA) is 39.6 Å². The number of aromatic hydroxyl groups is 1. The number of nitrogens with zero attached hydrogens (tertiary/aromatic N) is 3. The van der Waals surface area contributed by atoms with Crippen molar-refractivity contribution in [3.05, 3.63) is 58.9 Å². The first-order valence-corrected chi connectivity index (χ1v) is 10.5. The molecule has 2 rings (SSSR count). The zero-order valence-corrected chi connectivity index (χ0v) is 19.6. The van der Waals surface area contributed by atoms with Crippen LogP contribution in [-0.4, -0.2) is 47.1 Å². The Morgan fingerprint density at radius 2 is 1.41 bits per heavy atom. The summed E-state index contributed by atoms with van der Waals surface area (Å²) in [7, 11) is 4.22. The third kappa shape index (κ3) is 6.83. The van der Waals surface area contributed by atoms with Gasteiger partial charge in [-0.2, -0.15) is 0 Å². The zero-order valence-electron chi connectivity index (χ0n) is 19.6. The highest BCUT2D eigenvalue weighted by Gasteiger charge is 2.26. The molecule has 0 amide bonds. The number of aromatic nitrogens is 1. The molecule has 4 nitrogen and oxygen atoms in total. The maximum Gasteiger partial charge on any atom is 0.123 e. The zero-order chi connectivity index (χ0) is 21.8. The van der Waals surface area contributed by atoms with Gasteiger partial charge in [0.15, 0.2) is 0 Å². The van der Waals surface area contributed by atoms with E-state index in [4.69, 9.17) is 0 Å². The van der Waals surface area contributed by atoms with Crippen molar-refractivity contribution in [2.45, 2.75) is 65.5 Å². The van der Waals surface area contributed by atoms with Gasteiger partial charge in [0.2, 0.25) is 0 Å². The number of pyridine rings is 1. The van der Waals surface area contributed by atoms with E-state index in [0.29, 0.717) is 5.75 Å². The standard InChI is InChI=1S/C25H39N3O/c1-24(2,3)21-14-20(15-22(23(21)29)25(4,5)6)18-28(13-12-27(7)8)17-19-10-9-11-26-16-19/h9-11,14-16,29H,12-13,17-18H2,1-8H3. The van der Waals surface area contributed by atoms with Gasteiger partial charge in [-0.25, -0.2) is 0 Å². The summed E-state index contributed by atoms with van der Waals surface area (Å²) in [5, 5.41) is 11.0. The van der Waals surface area contributed by atoms with Crippen molar-refractivity contribution in [2.24, 2.45) is 0 Å². The van der Waals surface area contributed by atoms with Gasteiger partial charge in [0.25, 0.3) is 0 Å². The quantitative estimate of drug-likeness (QED) is 0.718. The molecule has 160 valence electrons. The van der Waals surface area contributed by atoms with Crippen LogP contribution in [-0.2, 0) is 23.9 Å². The highest BCUT2D eigenvalue weighted by atomic mass is 16.3. The van der Waals surface area contributed by atoms with Crippen LogP contribution in [0.2, 0.25) is 0 Å². The van der Waals surface area contributed by atoms with E-state index in [0.717, 1.165) is 37.3 Å². The SMILES string of the molecule is CN(C)CCN(Cc1cccnc1)Cc1cc(C(C)(C)C)c(O)c(C(C)(C)C)c1. The molecule has 0 aliphatic heterocycles. The van der Waals surface area contributed by atoms with Crippen molar-refractivity contribution in [1.29, 1.82) is 0 Å². The predicted molar refractivity (Wildman–Crippen MR) is 122 cm³/mol. The Morgan fingerprint density at radius 1 is 0.862 bits per heavy atom. The van der Waals surface area contributed by atoms with Crippen molar-refractivity contribution in [2.75, 3.05) is 27.2 Å². The van der Waals surface area contributed by atoms with E-state index in [2.05, 4.69) is 88.6 Å². The van der Waals surface area contributed by atoms with Gasteiger partial charge in [0, 0.05) is 38.6 Å². The lowest BCUT2D eigenvalue weighted by atomic mass is 9.78. The number of benzene rings is 1. The third-order valence-electron chi connectivity index (χ3n) is 5.18. The Labute approximate surface area is 177 Å². The van der Waals surface area contributed by atoms with Gasteiger partial charge >= 0.3 is 0 Å². The van der Waals surface area contributed by atoms with Crippen LogP contribution in [0.1, 0.15) is 63.8 Å². The van der Waals surface area contributed by atoms with Crippen molar-refractivity contribution < 1.29 is 5.11 Å². The molecule has 0 aliphatic rings. The van der Waals surface area contributed by atoms with Crippen molar-refractivity contribution in [3.8, 4) is 5.75 Å². The summed E-state index contributed by atoms with van der Waals surface area (Å²) in [5.74, 6) is 0.445. The number of likely N-dealkylation sites (N-methyl/N-ethyl adjacent to an activating group) is 1. The normalized spacial score (nSPS) is 12.8. The maximum absolute atomic E-state index is 11.0. The summed E-state index contributed by atoms with van der Waals surface area (Å²) < 4.78 is 0. The maximum atomic E-state index is 11.0. The molecule has 0 fully saturated rings. The number of rotatable bonds is 7. The van der Waals surface area contributed by atoms with Gasteiger partial charge in [-0.3, -0.25) is 9.88 Å². The summed E-state index contributed by atoms with van der Waals surface area (Å²) in [6.45, 7) is 16.7. The van der Waals surface area contributed by atoms with E-state index in [1.54, 1.807) is 0 Å². The van der Waals surface area contributed by atoms with Gasteiger partial charge < -0.3 is 10.0 Å². The molecular formula is C25H39N3O. The van der Waals surface area contributed by atoms with Crippen molar-refractivity contribution in [3.63, 3.8) is 0 Å². The Kier molecular flexibility index (Phi) is 7.47. The van der Waals surface area contributed by atoms with E-state index in [-0.39, 0.29) is 10.8 Å². The van der Waals surface area contributed by atoms with Crippen LogP contribution in [0.4, 0.5) is 0 Å². The summed E-state index contributed by atoms with van der Waals surface area (Å²) in [6.07, 6.45) is 3.76. The smallest absolute Gasteiger partial charge is 0.123 e. The number of phenols is 1. The molecule has 1 heterocycles. The molecule has 0 aliphatic carbocycles. The van der Waals surface area contributed by atoms with Gasteiger partial charge in [-0.1, -0.05) is 59.7 Å². The first-order valence-electron chi connectivity index (χ1n) is 10.5. The fourth-order valence-electron chi connectivity index (χ4n) is 3.49. The van der Waals surface area contributed by atoms with Gasteiger partial charge in [0.05, 0.1) is 0 Å². The monoisotopic (exact) mass is 397 g/mol. The number of phenolic OH excluding ortho intramolecular Hbond substituents is 1. The minimum Gasteiger partial charge on any atom is -0.507 e. The molecule has 0 spiro atoms. The molecule has 0 radical (unpaired) electrons. The predicted octanol–water partition coefficient (Wildman–Crippen LogP) is 4.95. The number of hydrogen-bond donors (Lipinski definition) is 1. The molecule has 0 bridgehead atoms. The highest BCUT2D eigenvalue weighted by molar-refractivity contribution is 5.49. The summed E-state index contributed by atoms with van der Waals surface area (Å²) >= 11 is 0. The lowest BCUT2D eigenvalue weighted by molar-refractivity contribution is 0.225. The Bertz CT molecular complexity index is 751. The molecule has 4 heteroatoms. The fourth-order valence-corrected chi connectivity index (χ4v) is 3.49. The van der Waals surface area contributed by atoms with Crippen LogP contribution in [0.5, 0.6) is 5.75 Å². The molecule has 29 heavy (non-hydrogen) atoms. The van der Waals surface area contributed by atoms with E-state index in [9.17, 15) is 5.11 Å². The molecular weight excluding hydrogens is 358 g/mol. The summed E-state index contributed by atoms with van der Waals surface area (Å²) in [6, 6.07) is 8.51. The van der Waals surface area contributed by atoms with Crippen molar-refractivity contribution >= 4 is 0 Å². The molecule has 2 aromatic rings. The van der Waals surface area contributed by atoms with Gasteiger partial charge in [0.1, 0.15) is 5.75 Å². The molecule has 0 atom stereocenters. The van der Waals surface area contributed by atoms with Crippen LogP contribution in [0.3, 0.4) is 0 Å². The Hall–Kier alpha value is -1.91. The van der Waals surface area contributed by atoms with Crippen molar-refractivity contribution in [1.82, 2.24) is 14.8 Å². The highest BCUT2D eigenvalue weighted by Crippen LogP contribution is 2.40. The minimum absolute atomic E-state index is 0.113. The molecule has 0 unspecified atom stereocenters. The van der Waals surface area contributed by atoms with Gasteiger partial charge in [-0.15, -0.1) is 0 Å². The van der Waals surface area contributed by atoms with Crippen LogP contribution in [0.15, 0.2) is 36.7 Å². The van der Waals surface area contributed by atoms with Gasteiger partial charge in [-0.05, 0) is 53.2 Å². The van der Waals surface area contributed by atoms with Crippen LogP contribution in [0.25, 0.3) is 0 Å². The second-order valence-corrected chi connectivity index (χ2v) is 10.4. The third-order valence-corrected chi connectivity index (χ3v) is 5.18. The number of hydrogen-bond acceptors (Lipinski definition) is 4. The molecule has 1 N–H and O–H groups in total. The largest absolute Gasteiger partial charge is 0.507 e. The van der Waals surface area contributed by atoms with E-state index < -0.39 is 0 Å². The first kappa shape index (κ1) is 23.4. The molecule has 1 aromatic carbocycles.